The lowest BCUT2D eigenvalue weighted by atomic mass is 10.0. The highest BCUT2D eigenvalue weighted by Crippen LogP contribution is 2.19. The fraction of sp³-hybridized carbons (Fsp3) is 0.429. The van der Waals surface area contributed by atoms with Crippen molar-refractivity contribution in [2.24, 2.45) is 0 Å². The molecule has 1 atom stereocenters. The van der Waals surface area contributed by atoms with E-state index in [0.29, 0.717) is 35.9 Å². The molecule has 0 fully saturated rings. The monoisotopic (exact) mass is 433 g/mol. The maximum absolute atomic E-state index is 12.6. The van der Waals surface area contributed by atoms with E-state index in [0.717, 1.165) is 25.7 Å². The van der Waals surface area contributed by atoms with Gasteiger partial charge in [-0.25, -0.2) is 0 Å². The Labute approximate surface area is 182 Å². The van der Waals surface area contributed by atoms with E-state index in [1.807, 2.05) is 6.07 Å². The second-order valence-corrected chi connectivity index (χ2v) is 6.61. The Bertz CT molecular complexity index is 793. The Morgan fingerprint density at radius 3 is 2.35 bits per heavy atom. The molecule has 0 spiro atoms. The molecule has 0 bridgehead atoms. The van der Waals surface area contributed by atoms with Crippen molar-refractivity contribution in [3.05, 3.63) is 65.0 Å². The van der Waals surface area contributed by atoms with Crippen molar-refractivity contribution < 1.29 is 33.4 Å². The molecule has 0 radical (unpaired) electrons. The van der Waals surface area contributed by atoms with Gasteiger partial charge in [0, 0.05) is 18.2 Å². The Morgan fingerprint density at radius 2 is 1.77 bits per heavy atom. The first-order valence-electron chi connectivity index (χ1n) is 10.2. The lowest BCUT2D eigenvalue weighted by molar-refractivity contribution is -0.0252. The number of benzene rings is 1. The summed E-state index contributed by atoms with van der Waals surface area (Å²) in [6, 6.07) is 8.94. The summed E-state index contributed by atoms with van der Waals surface area (Å²) in [6.07, 6.45) is 6.52. The lowest BCUT2D eigenvalue weighted by Gasteiger charge is -2.22. The molecule has 10 heteroatoms. The Balaban J connectivity index is 0.00000110. The first kappa shape index (κ1) is 26.3. The standard InChI is InChI=1S/C21H27N3O3.BFH2O2/c1-3-5-12-26-17-14-18(23-21(25)16-10-8-7-9-11-16)20(19(15-17)24-22)27-13-6-4-2;2-1(3)4/h7-11,14-15,20H,3-6,12-13H2,1-2H3,(H,23,25);3-4H. The minimum atomic E-state index is -2.67. The van der Waals surface area contributed by atoms with Crippen LogP contribution < -0.4 is 5.32 Å². The minimum Gasteiger partial charge on any atom is -0.493 e. The first-order chi connectivity index (χ1) is 14.9. The third-order valence-corrected chi connectivity index (χ3v) is 4.10. The van der Waals surface area contributed by atoms with Crippen molar-refractivity contribution in [3.8, 4) is 0 Å². The van der Waals surface area contributed by atoms with E-state index in [2.05, 4.69) is 24.0 Å². The number of carbonyl (C=O) groups is 1. The summed E-state index contributed by atoms with van der Waals surface area (Å²) < 4.78 is 21.7. The molecular weight excluding hydrogens is 404 g/mol. The fourth-order valence-electron chi connectivity index (χ4n) is 2.57. The molecule has 1 aromatic rings. The zero-order chi connectivity index (χ0) is 23.1. The van der Waals surface area contributed by atoms with Crippen LogP contribution >= 0.6 is 0 Å². The quantitative estimate of drug-likeness (QED) is 0.227. The summed E-state index contributed by atoms with van der Waals surface area (Å²) in [6.45, 7) is 5.20. The number of amides is 1. The van der Waals surface area contributed by atoms with Crippen LogP contribution in [0.15, 0.2) is 53.9 Å². The molecule has 1 aromatic carbocycles. The van der Waals surface area contributed by atoms with Gasteiger partial charge >= 0.3 is 13.1 Å². The average Bonchev–Trinajstić information content (AvgIpc) is 2.75. The predicted octanol–water partition coefficient (Wildman–Crippen LogP) is 2.80. The average molecular weight is 433 g/mol. The number of allylic oxidation sites excluding steroid dienone is 1. The number of halogens is 1. The number of nitrogens with one attached hydrogen (secondary N) is 1. The van der Waals surface area contributed by atoms with E-state index in [1.165, 1.54) is 0 Å². The van der Waals surface area contributed by atoms with Gasteiger partial charge in [0.2, 0.25) is 0 Å². The third-order valence-electron chi connectivity index (χ3n) is 4.10. The second kappa shape index (κ2) is 15.1. The van der Waals surface area contributed by atoms with Gasteiger partial charge in [-0.05, 0) is 25.0 Å². The van der Waals surface area contributed by atoms with Crippen LogP contribution in [-0.2, 0) is 9.47 Å². The summed E-state index contributed by atoms with van der Waals surface area (Å²) in [5.74, 6) is 0.285. The van der Waals surface area contributed by atoms with Crippen LogP contribution in [0.3, 0.4) is 0 Å². The molecular formula is C21H29BFN3O5. The molecule has 8 nitrogen and oxygen atoms in total. The van der Waals surface area contributed by atoms with Gasteiger partial charge in [-0.3, -0.25) is 9.11 Å². The van der Waals surface area contributed by atoms with Crippen LogP contribution in [0.2, 0.25) is 0 Å². The van der Waals surface area contributed by atoms with E-state index in [1.54, 1.807) is 36.4 Å². The van der Waals surface area contributed by atoms with Gasteiger partial charge < -0.3 is 30.4 Å². The van der Waals surface area contributed by atoms with Crippen molar-refractivity contribution in [2.45, 2.75) is 45.6 Å². The number of hydrogen-bond donors (Lipinski definition) is 3. The van der Waals surface area contributed by atoms with Crippen LogP contribution in [0.4, 0.5) is 4.32 Å². The van der Waals surface area contributed by atoms with Gasteiger partial charge in [-0.15, -0.1) is 0 Å². The van der Waals surface area contributed by atoms with Gasteiger partial charge in [0.25, 0.3) is 5.91 Å². The van der Waals surface area contributed by atoms with E-state index >= 15 is 0 Å². The third kappa shape index (κ3) is 10.2. The normalized spacial score (nSPS) is 15.0. The van der Waals surface area contributed by atoms with Gasteiger partial charge in [-0.2, -0.15) is 4.79 Å². The van der Waals surface area contributed by atoms with Gasteiger partial charge in [-0.1, -0.05) is 44.9 Å². The molecule has 1 amide bonds. The molecule has 2 rings (SSSR count). The summed E-state index contributed by atoms with van der Waals surface area (Å²) in [5, 5.41) is 16.8. The molecule has 0 saturated carbocycles. The van der Waals surface area contributed by atoms with Crippen molar-refractivity contribution in [2.75, 3.05) is 13.2 Å². The highest BCUT2D eigenvalue weighted by atomic mass is 19.1. The minimum absolute atomic E-state index is 0.252. The summed E-state index contributed by atoms with van der Waals surface area (Å²) in [4.78, 5) is 15.9. The first-order valence-corrected chi connectivity index (χ1v) is 10.2. The number of nitrogens with zero attached hydrogens (tertiary/aromatic N) is 2. The molecule has 1 aliphatic rings. The van der Waals surface area contributed by atoms with E-state index in [-0.39, 0.29) is 5.91 Å². The van der Waals surface area contributed by atoms with Crippen molar-refractivity contribution >= 4 is 19.0 Å². The molecule has 0 heterocycles. The van der Waals surface area contributed by atoms with E-state index < -0.39 is 13.5 Å². The second-order valence-electron chi connectivity index (χ2n) is 6.61. The zero-order valence-electron chi connectivity index (χ0n) is 17.8. The number of rotatable bonds is 10. The smallest absolute Gasteiger partial charge is 0.493 e. The Morgan fingerprint density at radius 1 is 1.16 bits per heavy atom. The fourth-order valence-corrected chi connectivity index (χ4v) is 2.57. The summed E-state index contributed by atoms with van der Waals surface area (Å²) >= 11 is 0. The molecule has 1 unspecified atom stereocenters. The van der Waals surface area contributed by atoms with E-state index in [9.17, 15) is 14.6 Å². The van der Waals surface area contributed by atoms with Gasteiger partial charge in [0.05, 0.1) is 18.4 Å². The molecule has 0 saturated heterocycles. The summed E-state index contributed by atoms with van der Waals surface area (Å²) in [5.41, 5.74) is 10.8. The molecule has 0 aliphatic heterocycles. The van der Waals surface area contributed by atoms with Crippen LogP contribution in [0.25, 0.3) is 5.53 Å². The maximum atomic E-state index is 12.6. The molecule has 3 N–H and O–H groups in total. The molecule has 168 valence electrons. The molecule has 0 aromatic heterocycles. The zero-order valence-corrected chi connectivity index (χ0v) is 17.8. The number of carbonyl (C=O) groups excluding carboxylic acids is 1. The van der Waals surface area contributed by atoms with Crippen molar-refractivity contribution in [1.82, 2.24) is 5.32 Å². The lowest BCUT2D eigenvalue weighted by Crippen LogP contribution is -2.38. The van der Waals surface area contributed by atoms with Crippen LogP contribution in [-0.4, -0.2) is 53.2 Å². The van der Waals surface area contributed by atoms with E-state index in [4.69, 9.17) is 19.5 Å². The predicted molar refractivity (Wildman–Crippen MR) is 116 cm³/mol. The molecule has 1 aliphatic carbocycles. The maximum Gasteiger partial charge on any atom is 0.674 e. The Hall–Kier alpha value is -2.78. The number of hydrogen-bond acceptors (Lipinski definition) is 5. The molecule has 31 heavy (non-hydrogen) atoms. The van der Waals surface area contributed by atoms with Crippen LogP contribution in [0.5, 0.6) is 0 Å². The number of ether oxygens (including phenoxy) is 2. The highest BCUT2D eigenvalue weighted by Gasteiger charge is 2.32. The summed E-state index contributed by atoms with van der Waals surface area (Å²) in [7, 11) is -2.67. The van der Waals surface area contributed by atoms with Gasteiger partial charge in [0.1, 0.15) is 5.76 Å². The largest absolute Gasteiger partial charge is 0.674 e. The van der Waals surface area contributed by atoms with Crippen LogP contribution in [0, 0.1) is 0 Å². The Kier molecular flexibility index (Phi) is 12.8. The van der Waals surface area contributed by atoms with Crippen LogP contribution in [0.1, 0.15) is 49.9 Å². The SMILES string of the molecule is CCCCOC1=CC(=[N+]=[N-])C(OCCCC)C(NC(=O)c2ccccc2)=C1.OB(O)F. The van der Waals surface area contributed by atoms with Crippen molar-refractivity contribution in [3.63, 3.8) is 0 Å². The van der Waals surface area contributed by atoms with Crippen molar-refractivity contribution in [1.29, 1.82) is 0 Å². The van der Waals surface area contributed by atoms with Gasteiger partial charge in [0.15, 0.2) is 6.10 Å². The topological polar surface area (TPSA) is 124 Å². The highest BCUT2D eigenvalue weighted by molar-refractivity contribution is 6.31. The number of unbranched alkanes of at least 4 members (excludes halogenated alkanes) is 2.